The Hall–Kier alpha value is -2.45. The molecule has 8 heteroatoms. The van der Waals surface area contributed by atoms with Crippen LogP contribution in [0.5, 0.6) is 0 Å². The smallest absolute Gasteiger partial charge is 0.327 e. The maximum atomic E-state index is 14.2. The molecule has 1 aliphatic heterocycles. The van der Waals surface area contributed by atoms with Crippen LogP contribution in [0.15, 0.2) is 54.6 Å². The predicted octanol–water partition coefficient (Wildman–Crippen LogP) is 2.68. The van der Waals surface area contributed by atoms with Crippen molar-refractivity contribution in [2.24, 2.45) is 5.73 Å². The van der Waals surface area contributed by atoms with E-state index in [0.29, 0.717) is 17.4 Å². The van der Waals surface area contributed by atoms with E-state index >= 15 is 0 Å². The first kappa shape index (κ1) is 16.4. The lowest BCUT2D eigenvalue weighted by molar-refractivity contribution is 0.579. The molecule has 0 aliphatic carbocycles. The summed E-state index contributed by atoms with van der Waals surface area (Å²) in [4.78, 5) is 0. The minimum atomic E-state index is -4.04. The Labute approximate surface area is 138 Å². The first-order valence-electron chi connectivity index (χ1n) is 7.19. The van der Waals surface area contributed by atoms with Crippen LogP contribution in [0.4, 0.5) is 25.8 Å². The summed E-state index contributed by atoms with van der Waals surface area (Å²) in [6, 6.07) is 9.34. The van der Waals surface area contributed by atoms with E-state index in [4.69, 9.17) is 5.73 Å². The molecular formula is C16H15F2N3O2S. The molecule has 0 unspecified atom stereocenters. The maximum Gasteiger partial charge on any atom is 0.331 e. The van der Waals surface area contributed by atoms with Crippen LogP contribution in [0.2, 0.25) is 0 Å². The molecule has 126 valence electrons. The van der Waals surface area contributed by atoms with Crippen molar-refractivity contribution in [2.75, 3.05) is 21.7 Å². The van der Waals surface area contributed by atoms with Crippen LogP contribution in [0.1, 0.15) is 0 Å². The lowest BCUT2D eigenvalue weighted by Crippen LogP contribution is -2.35. The molecule has 24 heavy (non-hydrogen) atoms. The maximum absolute atomic E-state index is 14.2. The Morgan fingerprint density at radius 1 is 1.00 bits per heavy atom. The van der Waals surface area contributed by atoms with Crippen LogP contribution in [0.3, 0.4) is 0 Å². The highest BCUT2D eigenvalue weighted by Crippen LogP contribution is 2.45. The molecule has 2 aromatic carbocycles. The van der Waals surface area contributed by atoms with Crippen molar-refractivity contribution in [3.63, 3.8) is 0 Å². The van der Waals surface area contributed by atoms with Crippen molar-refractivity contribution in [3.8, 4) is 0 Å². The van der Waals surface area contributed by atoms with E-state index in [2.05, 4.69) is 0 Å². The normalized spacial score (nSPS) is 16.0. The minimum absolute atomic E-state index is 0.0653. The first-order valence-corrected chi connectivity index (χ1v) is 8.58. The predicted molar refractivity (Wildman–Crippen MR) is 89.4 cm³/mol. The summed E-state index contributed by atoms with van der Waals surface area (Å²) in [5.74, 6) is -1.73. The highest BCUT2D eigenvalue weighted by molar-refractivity contribution is 7.95. The second-order valence-corrected chi connectivity index (χ2v) is 6.80. The molecule has 2 N–H and O–H groups in total. The van der Waals surface area contributed by atoms with Crippen LogP contribution >= 0.6 is 0 Å². The second-order valence-electron chi connectivity index (χ2n) is 5.09. The van der Waals surface area contributed by atoms with Gasteiger partial charge < -0.3 is 5.73 Å². The van der Waals surface area contributed by atoms with Gasteiger partial charge in [-0.3, -0.25) is 0 Å². The number of hydrogen-bond donors (Lipinski definition) is 1. The Kier molecular flexibility index (Phi) is 4.25. The molecule has 2 aromatic rings. The second kappa shape index (κ2) is 6.21. The third-order valence-electron chi connectivity index (χ3n) is 3.58. The number of fused-ring (bicyclic) bond motifs is 1. The van der Waals surface area contributed by atoms with Crippen molar-refractivity contribution in [1.82, 2.24) is 0 Å². The van der Waals surface area contributed by atoms with E-state index < -0.39 is 21.8 Å². The van der Waals surface area contributed by atoms with Crippen LogP contribution in [0.25, 0.3) is 0 Å². The molecule has 0 radical (unpaired) electrons. The van der Waals surface area contributed by atoms with Gasteiger partial charge in [0, 0.05) is 12.6 Å². The van der Waals surface area contributed by atoms with Crippen LogP contribution < -0.4 is 14.3 Å². The summed E-state index contributed by atoms with van der Waals surface area (Å²) in [6.45, 7) is 0.349. The van der Waals surface area contributed by atoms with Gasteiger partial charge >= 0.3 is 10.2 Å². The fraction of sp³-hybridized carbons (Fsp3) is 0.125. The zero-order valence-electron chi connectivity index (χ0n) is 12.6. The highest BCUT2D eigenvalue weighted by atomic mass is 32.2. The fourth-order valence-corrected chi connectivity index (χ4v) is 4.23. The first-order chi connectivity index (χ1) is 11.5. The van der Waals surface area contributed by atoms with E-state index in [9.17, 15) is 17.2 Å². The molecular weight excluding hydrogens is 336 g/mol. The quantitative estimate of drug-likeness (QED) is 0.861. The molecule has 1 aliphatic rings. The molecule has 0 bridgehead atoms. The largest absolute Gasteiger partial charge is 0.331 e. The van der Waals surface area contributed by atoms with Gasteiger partial charge in [-0.15, -0.1) is 0 Å². The number of nitrogens with two attached hydrogens (primary N) is 1. The van der Waals surface area contributed by atoms with Gasteiger partial charge in [0.1, 0.15) is 5.82 Å². The Bertz CT molecular complexity index is 900. The number of benzene rings is 2. The fourth-order valence-electron chi connectivity index (χ4n) is 2.55. The molecule has 0 spiro atoms. The molecule has 0 fully saturated rings. The van der Waals surface area contributed by atoms with Gasteiger partial charge in [0.25, 0.3) is 0 Å². The molecule has 0 amide bonds. The summed E-state index contributed by atoms with van der Waals surface area (Å²) < 4.78 is 55.2. The van der Waals surface area contributed by atoms with Crippen LogP contribution in [-0.4, -0.2) is 21.5 Å². The third-order valence-corrected chi connectivity index (χ3v) is 5.34. The van der Waals surface area contributed by atoms with Crippen molar-refractivity contribution in [1.29, 1.82) is 0 Å². The summed E-state index contributed by atoms with van der Waals surface area (Å²) in [6.07, 6.45) is 3.26. The molecule has 0 saturated carbocycles. The van der Waals surface area contributed by atoms with E-state index in [1.807, 2.05) is 0 Å². The molecule has 3 rings (SSSR count). The van der Waals surface area contributed by atoms with Crippen molar-refractivity contribution >= 4 is 27.3 Å². The standard InChI is InChI=1S/C16H15F2N3O2S/c17-12-7-8-14(13(18)11-12)21-16-6-2-1-5-15(16)20(24(21,22)23)10-4-3-9-19/h1-8,11H,9-10,19H2. The number of halogens is 2. The van der Waals surface area contributed by atoms with Gasteiger partial charge in [-0.1, -0.05) is 24.3 Å². The molecule has 0 aromatic heterocycles. The number of rotatable bonds is 4. The summed E-state index contributed by atoms with van der Waals surface area (Å²) >= 11 is 0. The highest BCUT2D eigenvalue weighted by Gasteiger charge is 2.41. The van der Waals surface area contributed by atoms with Crippen molar-refractivity contribution in [3.05, 3.63) is 66.3 Å². The van der Waals surface area contributed by atoms with Gasteiger partial charge in [0.15, 0.2) is 5.82 Å². The average molecular weight is 351 g/mol. The van der Waals surface area contributed by atoms with Gasteiger partial charge in [-0.25, -0.2) is 17.4 Å². The summed E-state index contributed by atoms with van der Waals surface area (Å²) in [5, 5.41) is 0. The van der Waals surface area contributed by atoms with Gasteiger partial charge in [0.2, 0.25) is 0 Å². The van der Waals surface area contributed by atoms with Crippen LogP contribution in [-0.2, 0) is 10.2 Å². The van der Waals surface area contributed by atoms with E-state index in [1.165, 1.54) is 0 Å². The number of anilines is 3. The van der Waals surface area contributed by atoms with Crippen molar-refractivity contribution in [2.45, 2.75) is 0 Å². The SMILES string of the molecule is NCC=CCN1c2ccccc2N(c2ccc(F)cc2F)S1(=O)=O. The third kappa shape index (κ3) is 2.63. The molecule has 0 saturated heterocycles. The Balaban J connectivity index is 2.15. The van der Waals surface area contributed by atoms with Gasteiger partial charge in [-0.05, 0) is 24.3 Å². The number of nitrogens with zero attached hydrogens (tertiary/aromatic N) is 2. The van der Waals surface area contributed by atoms with E-state index in [-0.39, 0.29) is 18.8 Å². The number of para-hydroxylation sites is 2. The summed E-state index contributed by atoms with van der Waals surface area (Å²) in [5.41, 5.74) is 5.88. The minimum Gasteiger partial charge on any atom is -0.327 e. The van der Waals surface area contributed by atoms with Crippen molar-refractivity contribution < 1.29 is 17.2 Å². The summed E-state index contributed by atoms with van der Waals surface area (Å²) in [7, 11) is -4.04. The lowest BCUT2D eigenvalue weighted by Gasteiger charge is -2.21. The van der Waals surface area contributed by atoms with E-state index in [0.717, 1.165) is 20.7 Å². The van der Waals surface area contributed by atoms with Crippen LogP contribution in [0, 0.1) is 11.6 Å². The molecule has 0 atom stereocenters. The lowest BCUT2D eigenvalue weighted by atomic mass is 10.2. The van der Waals surface area contributed by atoms with E-state index in [1.54, 1.807) is 36.4 Å². The average Bonchev–Trinajstić information content (AvgIpc) is 2.76. The van der Waals surface area contributed by atoms with Gasteiger partial charge in [0.05, 0.1) is 23.6 Å². The Morgan fingerprint density at radius 3 is 2.38 bits per heavy atom. The molecule has 5 nitrogen and oxygen atoms in total. The Morgan fingerprint density at radius 2 is 1.71 bits per heavy atom. The monoisotopic (exact) mass is 351 g/mol. The van der Waals surface area contributed by atoms with Gasteiger partial charge in [-0.2, -0.15) is 8.42 Å². The molecule has 1 heterocycles. The topological polar surface area (TPSA) is 66.6 Å². The number of hydrogen-bond acceptors (Lipinski definition) is 3. The zero-order valence-corrected chi connectivity index (χ0v) is 13.4. The zero-order chi connectivity index (χ0) is 17.3.